The van der Waals surface area contributed by atoms with E-state index >= 15 is 0 Å². The number of ether oxygens (including phenoxy) is 6. The summed E-state index contributed by atoms with van der Waals surface area (Å²) >= 11 is 0. The van der Waals surface area contributed by atoms with E-state index < -0.39 is 124 Å². The van der Waals surface area contributed by atoms with Crippen LogP contribution in [-0.2, 0) is 38.0 Å². The van der Waals surface area contributed by atoms with Crippen LogP contribution in [0.3, 0.4) is 0 Å². The Hall–Kier alpha value is -1.58. The number of nitrogens with one attached hydrogen (secondary N) is 2. The fourth-order valence-electron chi connectivity index (χ4n) is 9.38. The van der Waals surface area contributed by atoms with Gasteiger partial charge in [0.2, 0.25) is 5.91 Å². The maximum atomic E-state index is 12.1. The molecule has 2 unspecified atom stereocenters. The van der Waals surface area contributed by atoms with Gasteiger partial charge in [0.25, 0.3) is 0 Å². The second-order valence-electron chi connectivity index (χ2n) is 20.3. The lowest BCUT2D eigenvalue weighted by molar-refractivity contribution is -0.397. The lowest BCUT2D eigenvalue weighted by atomic mass is 9.95. The van der Waals surface area contributed by atoms with Crippen LogP contribution in [0.1, 0.15) is 155 Å². The predicted molar refractivity (Wildman–Crippen MR) is 258 cm³/mol. The van der Waals surface area contributed by atoms with Crippen LogP contribution in [0.25, 0.3) is 0 Å². The van der Waals surface area contributed by atoms with Crippen molar-refractivity contribution in [2.75, 3.05) is 40.0 Å². The van der Waals surface area contributed by atoms with E-state index in [1.54, 1.807) is 0 Å². The standard InChI is InChI=1S/C50H94N2O19/c1-31(2)26-34(33(57)23-19-16-14-12-10-8-6-4-5-7-9-11-13-15-18-22-32(56)27-38(58)52-25-21-17-20-24-51-3)66-50-47(71-49-45(65)43(63)40(60)36(29-54)68-49)46(41(61)37(30-55)69-50)70-48-44(64)42(62)39(59)35(28-53)67-48/h31,33-37,39-51,53-55,57,59-65H,4-30H2,1-3H3,(H,52,58)/t33?,34?,35-,36-,37-,39+,40+,41-,42+,43+,44-,45-,46+,47-,48+,49+,50-/m1/s1. The molecule has 3 aliphatic heterocycles. The molecule has 0 radical (unpaired) electrons. The highest BCUT2D eigenvalue weighted by molar-refractivity contribution is 5.97. The third-order valence-corrected chi connectivity index (χ3v) is 13.8. The van der Waals surface area contributed by atoms with Gasteiger partial charge in [0.1, 0.15) is 79.0 Å². The second-order valence-corrected chi connectivity index (χ2v) is 20.3. The minimum absolute atomic E-state index is 0.00234. The van der Waals surface area contributed by atoms with E-state index in [-0.39, 0.29) is 24.0 Å². The van der Waals surface area contributed by atoms with Gasteiger partial charge in [-0.2, -0.15) is 0 Å². The van der Waals surface area contributed by atoms with Gasteiger partial charge in [0, 0.05) is 13.0 Å². The fraction of sp³-hybridized carbons (Fsp3) is 0.960. The van der Waals surface area contributed by atoms with Crippen molar-refractivity contribution in [1.82, 2.24) is 10.6 Å². The lowest BCUT2D eigenvalue weighted by Gasteiger charge is -2.49. The molecule has 418 valence electrons. The maximum Gasteiger partial charge on any atom is 0.227 e. The van der Waals surface area contributed by atoms with Crippen LogP contribution in [0.4, 0.5) is 0 Å². The van der Waals surface area contributed by atoms with Crippen molar-refractivity contribution in [3.05, 3.63) is 0 Å². The van der Waals surface area contributed by atoms with E-state index in [1.165, 1.54) is 32.1 Å². The number of unbranched alkanes of at least 4 members (excludes halogenated alkanes) is 16. The number of rotatable bonds is 38. The molecule has 0 spiro atoms. The number of aliphatic hydroxyl groups excluding tert-OH is 11. The number of Topliss-reactive ketones (excluding diaryl/α,β-unsaturated/α-hetero) is 1. The number of aliphatic hydroxyl groups is 11. The summed E-state index contributed by atoms with van der Waals surface area (Å²) in [5.74, 6) is -0.146. The molecule has 1 amide bonds. The Morgan fingerprint density at radius 2 is 0.944 bits per heavy atom. The maximum absolute atomic E-state index is 12.1. The first-order chi connectivity index (χ1) is 34.1. The van der Waals surface area contributed by atoms with E-state index in [1.807, 2.05) is 20.9 Å². The topological polar surface area (TPSA) is 336 Å². The molecule has 0 aliphatic carbocycles. The molecule has 3 rings (SSSR count). The Morgan fingerprint density at radius 1 is 0.521 bits per heavy atom. The molecule has 0 saturated carbocycles. The van der Waals surface area contributed by atoms with Crippen LogP contribution in [0.2, 0.25) is 0 Å². The number of amides is 1. The van der Waals surface area contributed by atoms with Gasteiger partial charge >= 0.3 is 0 Å². The lowest BCUT2D eigenvalue weighted by Crippen LogP contribution is -2.67. The van der Waals surface area contributed by atoms with Crippen LogP contribution >= 0.6 is 0 Å². The first-order valence-corrected chi connectivity index (χ1v) is 26.7. The highest BCUT2D eigenvalue weighted by Crippen LogP contribution is 2.35. The van der Waals surface area contributed by atoms with Gasteiger partial charge < -0.3 is 95.2 Å². The summed E-state index contributed by atoms with van der Waals surface area (Å²) in [5, 5.41) is 122. The smallest absolute Gasteiger partial charge is 0.227 e. The van der Waals surface area contributed by atoms with Gasteiger partial charge in [0.05, 0.1) is 38.4 Å². The highest BCUT2D eigenvalue weighted by Gasteiger charge is 2.55. The van der Waals surface area contributed by atoms with E-state index in [9.17, 15) is 65.8 Å². The van der Waals surface area contributed by atoms with Crippen LogP contribution in [0.15, 0.2) is 0 Å². The quantitative estimate of drug-likeness (QED) is 0.0293. The molecule has 3 saturated heterocycles. The first kappa shape index (κ1) is 63.7. The summed E-state index contributed by atoms with van der Waals surface area (Å²) in [7, 11) is 1.92. The van der Waals surface area contributed by atoms with Crippen LogP contribution < -0.4 is 10.6 Å². The van der Waals surface area contributed by atoms with Crippen molar-refractivity contribution in [1.29, 1.82) is 0 Å². The predicted octanol–water partition coefficient (Wildman–Crippen LogP) is 0.324. The molecular weight excluding hydrogens is 933 g/mol. The normalized spacial score (nSPS) is 32.2. The molecule has 0 aromatic carbocycles. The molecule has 0 bridgehead atoms. The zero-order valence-electron chi connectivity index (χ0n) is 42.7. The summed E-state index contributed by atoms with van der Waals surface area (Å²) in [4.78, 5) is 24.1. The molecule has 3 heterocycles. The summed E-state index contributed by atoms with van der Waals surface area (Å²) in [5.41, 5.74) is 0. The van der Waals surface area contributed by atoms with Gasteiger partial charge in [-0.3, -0.25) is 9.59 Å². The van der Waals surface area contributed by atoms with Crippen molar-refractivity contribution in [3.63, 3.8) is 0 Å². The van der Waals surface area contributed by atoms with Crippen LogP contribution in [0, 0.1) is 5.92 Å². The molecule has 21 heteroatoms. The van der Waals surface area contributed by atoms with Gasteiger partial charge in [-0.15, -0.1) is 0 Å². The van der Waals surface area contributed by atoms with Gasteiger partial charge in [-0.25, -0.2) is 0 Å². The summed E-state index contributed by atoms with van der Waals surface area (Å²) in [6, 6.07) is 0. The van der Waals surface area contributed by atoms with Gasteiger partial charge in [-0.05, 0) is 51.6 Å². The SMILES string of the molecule is CNCCCCCNC(=O)CC(=O)CCCCCCCCCCCCCCCCCC(O)C(CC(C)C)O[C@@H]1O[C@H](CO)[C@@H](O)[C@H](O[C@@H]2O[C@H](CO)[C@H](O)[C@H](O)[C@H]2O)[C@H]1O[C@@H]1O[C@H](CO)[C@H](O)[C@H](O)[C@H]1O. The van der Waals surface area contributed by atoms with Crippen LogP contribution in [0.5, 0.6) is 0 Å². The first-order valence-electron chi connectivity index (χ1n) is 26.7. The van der Waals surface area contributed by atoms with E-state index in [2.05, 4.69) is 10.6 Å². The van der Waals surface area contributed by atoms with E-state index in [4.69, 9.17) is 28.4 Å². The number of ketones is 1. The highest BCUT2D eigenvalue weighted by atomic mass is 16.8. The average molecular weight is 1030 g/mol. The van der Waals surface area contributed by atoms with Gasteiger partial charge in [0.15, 0.2) is 18.9 Å². The molecule has 0 aromatic heterocycles. The molecular formula is C50H94N2O19. The van der Waals surface area contributed by atoms with Crippen molar-refractivity contribution >= 4 is 11.7 Å². The zero-order valence-corrected chi connectivity index (χ0v) is 42.7. The Kier molecular flexibility index (Phi) is 32.0. The summed E-state index contributed by atoms with van der Waals surface area (Å²) in [6.07, 6.45) is -7.31. The number of carbonyl (C=O) groups is 2. The van der Waals surface area contributed by atoms with E-state index in [0.717, 1.165) is 83.6 Å². The molecule has 21 nitrogen and oxygen atoms in total. The molecule has 13 N–H and O–H groups in total. The third kappa shape index (κ3) is 22.3. The van der Waals surface area contributed by atoms with E-state index in [0.29, 0.717) is 32.2 Å². The number of hydrogen-bond acceptors (Lipinski definition) is 20. The largest absolute Gasteiger partial charge is 0.394 e. The Bertz CT molecular complexity index is 1400. The molecule has 17 atom stereocenters. The fourth-order valence-corrected chi connectivity index (χ4v) is 9.38. The zero-order chi connectivity index (χ0) is 52.3. The second kappa shape index (κ2) is 35.6. The third-order valence-electron chi connectivity index (χ3n) is 13.8. The number of hydrogen-bond donors (Lipinski definition) is 13. The summed E-state index contributed by atoms with van der Waals surface area (Å²) in [6.45, 7) is 3.09. The molecule has 3 aliphatic rings. The summed E-state index contributed by atoms with van der Waals surface area (Å²) < 4.78 is 35.7. The molecule has 3 fully saturated rings. The van der Waals surface area contributed by atoms with Crippen molar-refractivity contribution in [3.8, 4) is 0 Å². The van der Waals surface area contributed by atoms with Gasteiger partial charge in [-0.1, -0.05) is 110 Å². The molecule has 0 aromatic rings. The van der Waals surface area contributed by atoms with Crippen molar-refractivity contribution < 1.29 is 94.2 Å². The Balaban J connectivity index is 1.43. The Morgan fingerprint density at radius 3 is 1.42 bits per heavy atom. The average Bonchev–Trinajstić information content (AvgIpc) is 3.34. The minimum atomic E-state index is -1.92. The van der Waals surface area contributed by atoms with Crippen molar-refractivity contribution in [2.24, 2.45) is 5.92 Å². The minimum Gasteiger partial charge on any atom is -0.394 e. The monoisotopic (exact) mass is 1030 g/mol. The van der Waals surface area contributed by atoms with Crippen molar-refractivity contribution in [2.45, 2.75) is 259 Å². The molecule has 71 heavy (non-hydrogen) atoms. The Labute approximate surface area is 420 Å². The van der Waals surface area contributed by atoms with Crippen LogP contribution in [-0.4, -0.2) is 212 Å². The number of carbonyl (C=O) groups excluding carboxylic acids is 2.